The SMILES string of the molecule is CC(N)(CC(F)=CCCNCC=N)C(=O)O. The minimum atomic E-state index is -1.57. The van der Waals surface area contributed by atoms with Gasteiger partial charge < -0.3 is 21.6 Å². The largest absolute Gasteiger partial charge is 0.480 e. The molecule has 0 aromatic carbocycles. The third-order valence-corrected chi connectivity index (χ3v) is 1.96. The molecule has 0 saturated heterocycles. The van der Waals surface area contributed by atoms with Crippen molar-refractivity contribution < 1.29 is 14.3 Å². The first-order valence-electron chi connectivity index (χ1n) is 4.96. The van der Waals surface area contributed by atoms with E-state index in [1.165, 1.54) is 19.2 Å². The smallest absolute Gasteiger partial charge is 0.323 e. The predicted molar refractivity (Wildman–Crippen MR) is 60.3 cm³/mol. The second-order valence-corrected chi connectivity index (χ2v) is 3.75. The van der Waals surface area contributed by atoms with Gasteiger partial charge in [0, 0.05) is 19.2 Å². The maximum Gasteiger partial charge on any atom is 0.323 e. The molecule has 0 aliphatic rings. The monoisotopic (exact) mass is 231 g/mol. The normalized spacial score (nSPS) is 15.6. The molecule has 5 N–H and O–H groups in total. The molecule has 0 aromatic rings. The van der Waals surface area contributed by atoms with Crippen LogP contribution in [0.2, 0.25) is 0 Å². The van der Waals surface area contributed by atoms with Gasteiger partial charge in [-0.15, -0.1) is 0 Å². The quantitative estimate of drug-likeness (QED) is 0.364. The molecule has 0 fully saturated rings. The Hall–Kier alpha value is -1.27. The van der Waals surface area contributed by atoms with Crippen LogP contribution in [0.15, 0.2) is 11.9 Å². The lowest BCUT2D eigenvalue weighted by Crippen LogP contribution is -2.44. The van der Waals surface area contributed by atoms with Gasteiger partial charge in [0.1, 0.15) is 5.54 Å². The third kappa shape index (κ3) is 6.26. The van der Waals surface area contributed by atoms with Crippen molar-refractivity contribution in [2.24, 2.45) is 5.73 Å². The molecule has 0 bridgehead atoms. The molecule has 6 heteroatoms. The summed E-state index contributed by atoms with van der Waals surface area (Å²) in [4.78, 5) is 10.6. The van der Waals surface area contributed by atoms with Gasteiger partial charge in [0.25, 0.3) is 0 Å². The van der Waals surface area contributed by atoms with Crippen molar-refractivity contribution in [3.63, 3.8) is 0 Å². The number of carboxylic acids is 1. The Balaban J connectivity index is 3.95. The van der Waals surface area contributed by atoms with Crippen LogP contribution in [0.5, 0.6) is 0 Å². The molecule has 5 nitrogen and oxygen atoms in total. The van der Waals surface area contributed by atoms with Gasteiger partial charge in [0.2, 0.25) is 0 Å². The zero-order valence-electron chi connectivity index (χ0n) is 9.29. The molecule has 1 atom stereocenters. The summed E-state index contributed by atoms with van der Waals surface area (Å²) in [6, 6.07) is 0. The van der Waals surface area contributed by atoms with E-state index in [0.29, 0.717) is 19.5 Å². The highest BCUT2D eigenvalue weighted by atomic mass is 19.1. The first-order chi connectivity index (χ1) is 7.40. The van der Waals surface area contributed by atoms with Crippen molar-refractivity contribution in [3.05, 3.63) is 11.9 Å². The molecule has 0 amide bonds. The molecule has 0 radical (unpaired) electrons. The molecule has 0 rings (SSSR count). The third-order valence-electron chi connectivity index (χ3n) is 1.96. The molecule has 0 saturated carbocycles. The number of rotatable bonds is 8. The predicted octanol–water partition coefficient (Wildman–Crippen LogP) is 0.661. The molecule has 1 unspecified atom stereocenters. The summed E-state index contributed by atoms with van der Waals surface area (Å²) in [7, 11) is 0. The van der Waals surface area contributed by atoms with Gasteiger partial charge in [-0.25, -0.2) is 4.39 Å². The second-order valence-electron chi connectivity index (χ2n) is 3.75. The van der Waals surface area contributed by atoms with Crippen LogP contribution in [0.1, 0.15) is 19.8 Å². The molecule has 0 heterocycles. The minimum Gasteiger partial charge on any atom is -0.480 e. The van der Waals surface area contributed by atoms with E-state index in [1.807, 2.05) is 0 Å². The molecule has 16 heavy (non-hydrogen) atoms. The number of aliphatic carboxylic acids is 1. The van der Waals surface area contributed by atoms with Crippen LogP contribution >= 0.6 is 0 Å². The number of hydrogen-bond acceptors (Lipinski definition) is 4. The molecular weight excluding hydrogens is 213 g/mol. The summed E-state index contributed by atoms with van der Waals surface area (Å²) < 4.78 is 13.2. The van der Waals surface area contributed by atoms with Gasteiger partial charge in [0.05, 0.1) is 5.83 Å². The zero-order valence-corrected chi connectivity index (χ0v) is 9.29. The van der Waals surface area contributed by atoms with E-state index in [1.54, 1.807) is 0 Å². The Morgan fingerprint density at radius 1 is 1.69 bits per heavy atom. The molecule has 0 spiro atoms. The van der Waals surface area contributed by atoms with E-state index in [-0.39, 0.29) is 6.42 Å². The fourth-order valence-corrected chi connectivity index (χ4v) is 1.00. The number of carboxylic acid groups (broad SMARTS) is 1. The summed E-state index contributed by atoms with van der Waals surface area (Å²) in [5, 5.41) is 18.3. The Morgan fingerprint density at radius 3 is 2.81 bits per heavy atom. The van der Waals surface area contributed by atoms with Crippen LogP contribution in [-0.4, -0.2) is 35.9 Å². The zero-order chi connectivity index (χ0) is 12.6. The van der Waals surface area contributed by atoms with E-state index in [2.05, 4.69) is 5.32 Å². The second kappa shape index (κ2) is 7.08. The van der Waals surface area contributed by atoms with Crippen LogP contribution in [0, 0.1) is 5.41 Å². The molecular formula is C10H18FN3O2. The van der Waals surface area contributed by atoms with Crippen LogP contribution in [0.4, 0.5) is 4.39 Å². The standard InChI is InChI=1S/C10H18FN3O2/c1-10(13,9(15)16)7-8(11)3-2-5-14-6-4-12/h3-4,12,14H,2,5-7,13H2,1H3,(H,15,16). The highest BCUT2D eigenvalue weighted by Gasteiger charge is 2.29. The summed E-state index contributed by atoms with van der Waals surface area (Å²) in [5.41, 5.74) is 3.82. The first-order valence-corrected chi connectivity index (χ1v) is 4.96. The lowest BCUT2D eigenvalue weighted by atomic mass is 9.98. The van der Waals surface area contributed by atoms with E-state index < -0.39 is 17.3 Å². The maximum absolute atomic E-state index is 13.2. The number of carbonyl (C=O) groups is 1. The molecule has 92 valence electrons. The minimum absolute atomic E-state index is 0.313. The van der Waals surface area contributed by atoms with Crippen molar-refractivity contribution in [1.82, 2.24) is 5.32 Å². The van der Waals surface area contributed by atoms with Gasteiger partial charge in [-0.05, 0) is 19.9 Å². The molecule has 0 aliphatic heterocycles. The highest BCUT2D eigenvalue weighted by molar-refractivity contribution is 5.78. The lowest BCUT2D eigenvalue weighted by molar-refractivity contribution is -0.142. The maximum atomic E-state index is 13.2. The van der Waals surface area contributed by atoms with Crippen molar-refractivity contribution in [2.45, 2.75) is 25.3 Å². The van der Waals surface area contributed by atoms with Crippen molar-refractivity contribution in [1.29, 1.82) is 5.41 Å². The van der Waals surface area contributed by atoms with Gasteiger partial charge in [-0.1, -0.05) is 6.08 Å². The first kappa shape index (κ1) is 14.7. The Kier molecular flexibility index (Phi) is 6.52. The average molecular weight is 231 g/mol. The van der Waals surface area contributed by atoms with Crippen molar-refractivity contribution >= 4 is 12.2 Å². The summed E-state index contributed by atoms with van der Waals surface area (Å²) >= 11 is 0. The van der Waals surface area contributed by atoms with Gasteiger partial charge in [0.15, 0.2) is 0 Å². The fraction of sp³-hybridized carbons (Fsp3) is 0.600. The lowest BCUT2D eigenvalue weighted by Gasteiger charge is -2.17. The van der Waals surface area contributed by atoms with E-state index >= 15 is 0 Å². The fourth-order valence-electron chi connectivity index (χ4n) is 1.00. The summed E-state index contributed by atoms with van der Waals surface area (Å²) in [6.45, 7) is 2.26. The Labute approximate surface area is 94.0 Å². The molecule has 0 aliphatic carbocycles. The van der Waals surface area contributed by atoms with Gasteiger partial charge in [-0.2, -0.15) is 0 Å². The number of hydrogen-bond donors (Lipinski definition) is 4. The van der Waals surface area contributed by atoms with E-state index in [0.717, 1.165) is 0 Å². The van der Waals surface area contributed by atoms with Crippen molar-refractivity contribution in [2.75, 3.05) is 13.1 Å². The Bertz CT molecular complexity index is 277. The number of nitrogens with one attached hydrogen (secondary N) is 2. The number of halogens is 1. The number of nitrogens with two attached hydrogens (primary N) is 1. The van der Waals surface area contributed by atoms with Crippen LogP contribution in [0.3, 0.4) is 0 Å². The van der Waals surface area contributed by atoms with E-state index in [9.17, 15) is 9.18 Å². The van der Waals surface area contributed by atoms with Gasteiger partial charge >= 0.3 is 5.97 Å². The van der Waals surface area contributed by atoms with Crippen LogP contribution in [-0.2, 0) is 4.79 Å². The average Bonchev–Trinajstić information content (AvgIpc) is 2.16. The summed E-state index contributed by atoms with van der Waals surface area (Å²) in [5.74, 6) is -1.75. The summed E-state index contributed by atoms with van der Waals surface area (Å²) in [6.07, 6.45) is 2.65. The Morgan fingerprint density at radius 2 is 2.31 bits per heavy atom. The van der Waals surface area contributed by atoms with Crippen molar-refractivity contribution in [3.8, 4) is 0 Å². The molecule has 0 aromatic heterocycles. The van der Waals surface area contributed by atoms with Crippen LogP contribution < -0.4 is 11.1 Å². The van der Waals surface area contributed by atoms with Gasteiger partial charge in [-0.3, -0.25) is 4.79 Å². The van der Waals surface area contributed by atoms with Crippen LogP contribution in [0.25, 0.3) is 0 Å². The highest BCUT2D eigenvalue weighted by Crippen LogP contribution is 2.15. The van der Waals surface area contributed by atoms with E-state index in [4.69, 9.17) is 16.2 Å². The topological polar surface area (TPSA) is 99.2 Å².